The minimum absolute atomic E-state index is 0.168. The predicted molar refractivity (Wildman–Crippen MR) is 77.3 cm³/mol. The molecular formula is C15H19F4N3O. The number of halogens is 4. The number of rotatable bonds is 4. The summed E-state index contributed by atoms with van der Waals surface area (Å²) in [7, 11) is 1.98. The Bertz CT molecular complexity index is 568. The maximum absolute atomic E-state index is 13.7. The van der Waals surface area contributed by atoms with Gasteiger partial charge >= 0.3 is 6.18 Å². The van der Waals surface area contributed by atoms with Gasteiger partial charge in [0.1, 0.15) is 5.82 Å². The standard InChI is InChI=1S/C15H19F4N3O/c1-21-4-6-22(7-5-21)9-11(14(20)23)10-2-3-12(13(16)8-10)15(17,18)19/h2-3,8,11H,4-7,9H2,1H3,(H2,20,23)/t11-/m1/s1. The second-order valence-electron chi connectivity index (χ2n) is 5.80. The summed E-state index contributed by atoms with van der Waals surface area (Å²) in [6.07, 6.45) is -4.76. The van der Waals surface area contributed by atoms with E-state index in [2.05, 4.69) is 4.90 Å². The zero-order chi connectivity index (χ0) is 17.2. The van der Waals surface area contributed by atoms with Crippen molar-refractivity contribution in [2.24, 2.45) is 5.73 Å². The Morgan fingerprint density at radius 3 is 2.35 bits per heavy atom. The quantitative estimate of drug-likeness (QED) is 0.853. The van der Waals surface area contributed by atoms with Crippen molar-refractivity contribution >= 4 is 5.91 Å². The van der Waals surface area contributed by atoms with Gasteiger partial charge in [0.2, 0.25) is 5.91 Å². The molecule has 1 heterocycles. The molecule has 1 aromatic rings. The van der Waals surface area contributed by atoms with Crippen molar-refractivity contribution in [2.45, 2.75) is 12.1 Å². The molecule has 1 amide bonds. The number of carbonyl (C=O) groups is 1. The number of hydrogen-bond donors (Lipinski definition) is 1. The summed E-state index contributed by atoms with van der Waals surface area (Å²) in [5.41, 5.74) is 4.19. The van der Waals surface area contributed by atoms with Crippen molar-refractivity contribution in [3.63, 3.8) is 0 Å². The molecule has 1 aliphatic rings. The van der Waals surface area contributed by atoms with Gasteiger partial charge in [-0.2, -0.15) is 13.2 Å². The molecule has 0 spiro atoms. The van der Waals surface area contributed by atoms with Crippen LogP contribution in [-0.2, 0) is 11.0 Å². The largest absolute Gasteiger partial charge is 0.419 e. The van der Waals surface area contributed by atoms with Gasteiger partial charge in [0.25, 0.3) is 0 Å². The number of hydrogen-bond acceptors (Lipinski definition) is 3. The molecule has 4 nitrogen and oxygen atoms in total. The molecule has 0 bridgehead atoms. The average Bonchev–Trinajstić information content (AvgIpc) is 2.44. The van der Waals surface area contributed by atoms with Crippen molar-refractivity contribution < 1.29 is 22.4 Å². The van der Waals surface area contributed by atoms with Crippen molar-refractivity contribution in [3.8, 4) is 0 Å². The lowest BCUT2D eigenvalue weighted by molar-refractivity contribution is -0.140. The van der Waals surface area contributed by atoms with Crippen molar-refractivity contribution in [1.29, 1.82) is 0 Å². The lowest BCUT2D eigenvalue weighted by Gasteiger charge is -2.34. The lowest BCUT2D eigenvalue weighted by atomic mass is 9.96. The van der Waals surface area contributed by atoms with E-state index in [1.165, 1.54) is 0 Å². The summed E-state index contributed by atoms with van der Waals surface area (Å²) in [5, 5.41) is 0. The smallest absolute Gasteiger partial charge is 0.369 e. The second kappa shape index (κ2) is 6.84. The van der Waals surface area contributed by atoms with E-state index >= 15 is 0 Å². The molecule has 0 aromatic heterocycles. The van der Waals surface area contributed by atoms with Crippen LogP contribution in [0.3, 0.4) is 0 Å². The third-order valence-electron chi connectivity index (χ3n) is 4.08. The van der Waals surface area contributed by atoms with E-state index in [1.807, 2.05) is 11.9 Å². The van der Waals surface area contributed by atoms with Gasteiger partial charge in [-0.15, -0.1) is 0 Å². The Kier molecular flexibility index (Phi) is 5.26. The van der Waals surface area contributed by atoms with E-state index in [0.717, 1.165) is 38.3 Å². The highest BCUT2D eigenvalue weighted by molar-refractivity contribution is 5.82. The molecule has 1 aliphatic heterocycles. The highest BCUT2D eigenvalue weighted by Gasteiger charge is 2.34. The van der Waals surface area contributed by atoms with Crippen LogP contribution in [0.5, 0.6) is 0 Å². The van der Waals surface area contributed by atoms with Gasteiger partial charge in [-0.05, 0) is 24.7 Å². The van der Waals surface area contributed by atoms with E-state index in [-0.39, 0.29) is 12.1 Å². The lowest BCUT2D eigenvalue weighted by Crippen LogP contribution is -2.47. The first-order valence-electron chi connectivity index (χ1n) is 7.25. The third kappa shape index (κ3) is 4.42. The Labute approximate surface area is 131 Å². The fraction of sp³-hybridized carbons (Fsp3) is 0.533. The number of piperazine rings is 1. The number of alkyl halides is 3. The van der Waals surface area contributed by atoms with Crippen LogP contribution in [-0.4, -0.2) is 55.5 Å². The maximum atomic E-state index is 13.7. The number of likely N-dealkylation sites (N-methyl/N-ethyl adjacent to an activating group) is 1. The van der Waals surface area contributed by atoms with E-state index in [9.17, 15) is 22.4 Å². The van der Waals surface area contributed by atoms with E-state index in [4.69, 9.17) is 5.73 Å². The van der Waals surface area contributed by atoms with Crippen LogP contribution in [0.1, 0.15) is 17.0 Å². The highest BCUT2D eigenvalue weighted by Crippen LogP contribution is 2.32. The van der Waals surface area contributed by atoms with Crippen LogP contribution < -0.4 is 5.73 Å². The van der Waals surface area contributed by atoms with Crippen LogP contribution in [0.15, 0.2) is 18.2 Å². The van der Waals surface area contributed by atoms with Gasteiger partial charge in [0, 0.05) is 32.7 Å². The Balaban J connectivity index is 2.18. The number of primary amides is 1. The zero-order valence-electron chi connectivity index (χ0n) is 12.7. The topological polar surface area (TPSA) is 49.6 Å². The molecule has 2 rings (SSSR count). The Morgan fingerprint density at radius 1 is 1.26 bits per heavy atom. The molecule has 8 heteroatoms. The average molecular weight is 333 g/mol. The van der Waals surface area contributed by atoms with Crippen molar-refractivity contribution in [1.82, 2.24) is 9.80 Å². The van der Waals surface area contributed by atoms with Gasteiger partial charge < -0.3 is 10.6 Å². The third-order valence-corrected chi connectivity index (χ3v) is 4.08. The molecule has 1 fully saturated rings. The molecule has 1 saturated heterocycles. The number of nitrogens with two attached hydrogens (primary N) is 1. The van der Waals surface area contributed by atoms with E-state index in [0.29, 0.717) is 6.07 Å². The summed E-state index contributed by atoms with van der Waals surface area (Å²) in [5.74, 6) is -2.90. The number of nitrogens with zero attached hydrogens (tertiary/aromatic N) is 2. The van der Waals surface area contributed by atoms with Crippen LogP contribution >= 0.6 is 0 Å². The van der Waals surface area contributed by atoms with Gasteiger partial charge in [-0.3, -0.25) is 9.69 Å². The molecular weight excluding hydrogens is 314 g/mol. The summed E-state index contributed by atoms with van der Waals surface area (Å²) >= 11 is 0. The molecule has 0 radical (unpaired) electrons. The molecule has 23 heavy (non-hydrogen) atoms. The number of amides is 1. The fourth-order valence-electron chi connectivity index (χ4n) is 2.63. The summed E-state index contributed by atoms with van der Waals surface area (Å²) < 4.78 is 51.5. The van der Waals surface area contributed by atoms with Gasteiger partial charge in [0.15, 0.2) is 0 Å². The normalized spacial score (nSPS) is 18.8. The fourth-order valence-corrected chi connectivity index (χ4v) is 2.63. The second-order valence-corrected chi connectivity index (χ2v) is 5.80. The van der Waals surface area contributed by atoms with Gasteiger partial charge in [-0.25, -0.2) is 4.39 Å². The van der Waals surface area contributed by atoms with Crippen molar-refractivity contribution in [2.75, 3.05) is 39.8 Å². The molecule has 0 saturated carbocycles. The molecule has 0 aliphatic carbocycles. The maximum Gasteiger partial charge on any atom is 0.419 e. The molecule has 2 N–H and O–H groups in total. The van der Waals surface area contributed by atoms with Gasteiger partial charge in [0.05, 0.1) is 11.5 Å². The minimum atomic E-state index is -4.76. The first-order chi connectivity index (χ1) is 10.7. The van der Waals surface area contributed by atoms with Crippen LogP contribution in [0, 0.1) is 5.82 Å². The van der Waals surface area contributed by atoms with Crippen LogP contribution in [0.2, 0.25) is 0 Å². The van der Waals surface area contributed by atoms with Gasteiger partial charge in [-0.1, -0.05) is 6.07 Å². The Hall–Kier alpha value is -1.67. The van der Waals surface area contributed by atoms with E-state index in [1.54, 1.807) is 0 Å². The number of carbonyl (C=O) groups excluding carboxylic acids is 1. The SMILES string of the molecule is CN1CCN(C[C@@H](C(N)=O)c2ccc(C(F)(F)F)c(F)c2)CC1. The number of benzene rings is 1. The summed E-state index contributed by atoms with van der Waals surface area (Å²) in [4.78, 5) is 15.8. The zero-order valence-corrected chi connectivity index (χ0v) is 12.7. The Morgan fingerprint density at radius 2 is 1.87 bits per heavy atom. The first kappa shape index (κ1) is 17.7. The van der Waals surface area contributed by atoms with Crippen LogP contribution in [0.4, 0.5) is 17.6 Å². The highest BCUT2D eigenvalue weighted by atomic mass is 19.4. The van der Waals surface area contributed by atoms with E-state index < -0.39 is 29.4 Å². The minimum Gasteiger partial charge on any atom is -0.369 e. The van der Waals surface area contributed by atoms with Crippen molar-refractivity contribution in [3.05, 3.63) is 35.1 Å². The summed E-state index contributed by atoms with van der Waals surface area (Å²) in [6.45, 7) is 3.38. The monoisotopic (exact) mass is 333 g/mol. The molecule has 1 aromatic carbocycles. The predicted octanol–water partition coefficient (Wildman–Crippen LogP) is 1.66. The molecule has 128 valence electrons. The molecule has 1 atom stereocenters. The summed E-state index contributed by atoms with van der Waals surface area (Å²) in [6, 6.07) is 2.54. The van der Waals surface area contributed by atoms with Crippen LogP contribution in [0.25, 0.3) is 0 Å². The first-order valence-corrected chi connectivity index (χ1v) is 7.25. The molecule has 0 unspecified atom stereocenters.